The standard InChI is InChI=1S/C40H54O24/c1-15-26(48)30(52)36(64-38-31(53)27(49)22(46)13-57-38)40(59-15)63-35-33(55)39(56-9-8-17-3-6-19(43)21(45)11-17)61-24(14-58-37-32(54)29(51)28(50)23(12-41)60-37)34(35)62-25(47)7-4-16-2-5-18(42)20(44)10-16/h2-7,10-11,15,22-24,26-46,48-55H,8-9,12-14H2,1H3/b7-4+/t15-,22+,23+,24+,26-,27+,28+,29-,30+,31-,32+,33+,34+,35+,36+,37+,38-,39+,40-/m0/s1. The Kier molecular flexibility index (Phi) is 16.7. The summed E-state index contributed by atoms with van der Waals surface area (Å²) in [5.41, 5.74) is 0.693. The van der Waals surface area contributed by atoms with Gasteiger partial charge in [-0.05, 0) is 54.8 Å². The highest BCUT2D eigenvalue weighted by Gasteiger charge is 2.55. The van der Waals surface area contributed by atoms with Gasteiger partial charge < -0.3 is 114 Å². The molecule has 2 aromatic rings. The van der Waals surface area contributed by atoms with E-state index in [1.165, 1.54) is 37.3 Å². The van der Waals surface area contributed by atoms with Gasteiger partial charge in [0.2, 0.25) is 0 Å². The Hall–Kier alpha value is -3.87. The summed E-state index contributed by atoms with van der Waals surface area (Å²) in [6.45, 7) is -0.978. The Balaban J connectivity index is 1.33. The van der Waals surface area contributed by atoms with Crippen molar-refractivity contribution in [3.8, 4) is 23.0 Å². The first-order valence-electron chi connectivity index (χ1n) is 20.2. The molecule has 19 atom stereocenters. The van der Waals surface area contributed by atoms with Crippen LogP contribution in [0.15, 0.2) is 42.5 Å². The van der Waals surface area contributed by atoms with Crippen LogP contribution in [0.5, 0.6) is 23.0 Å². The number of aliphatic hydroxyl groups is 10. The molecule has 6 rings (SSSR count). The molecule has 24 heteroatoms. The lowest BCUT2D eigenvalue weighted by Crippen LogP contribution is -2.66. The van der Waals surface area contributed by atoms with E-state index in [1.54, 1.807) is 0 Å². The van der Waals surface area contributed by atoms with Gasteiger partial charge in [-0.1, -0.05) is 12.1 Å². The van der Waals surface area contributed by atoms with Crippen LogP contribution < -0.4 is 0 Å². The van der Waals surface area contributed by atoms with Crippen LogP contribution in [0.2, 0.25) is 0 Å². The number of aliphatic hydroxyl groups excluding tert-OH is 10. The van der Waals surface area contributed by atoms with Gasteiger partial charge in [-0.25, -0.2) is 4.79 Å². The molecular formula is C40H54O24. The fraction of sp³-hybridized carbons (Fsp3) is 0.625. The summed E-state index contributed by atoms with van der Waals surface area (Å²) in [6.07, 6.45) is -30.8. The predicted molar refractivity (Wildman–Crippen MR) is 206 cm³/mol. The van der Waals surface area contributed by atoms with Crippen LogP contribution >= 0.6 is 0 Å². The average Bonchev–Trinajstić information content (AvgIpc) is 3.26. The number of ether oxygens (including phenoxy) is 9. The molecule has 0 bridgehead atoms. The molecule has 0 radical (unpaired) electrons. The van der Waals surface area contributed by atoms with Crippen LogP contribution in [-0.2, 0) is 53.8 Å². The molecule has 4 saturated heterocycles. The highest BCUT2D eigenvalue weighted by Crippen LogP contribution is 2.35. The minimum atomic E-state index is -1.97. The summed E-state index contributed by atoms with van der Waals surface area (Å²) < 4.78 is 52.3. The second-order valence-electron chi connectivity index (χ2n) is 15.6. The third-order valence-electron chi connectivity index (χ3n) is 11.1. The van der Waals surface area contributed by atoms with Gasteiger partial charge in [0.05, 0.1) is 32.5 Å². The van der Waals surface area contributed by atoms with Crippen molar-refractivity contribution in [1.82, 2.24) is 0 Å². The van der Waals surface area contributed by atoms with Crippen LogP contribution in [0.3, 0.4) is 0 Å². The van der Waals surface area contributed by atoms with E-state index in [9.17, 15) is 76.3 Å². The molecule has 4 aliphatic rings. The smallest absolute Gasteiger partial charge is 0.331 e. The summed E-state index contributed by atoms with van der Waals surface area (Å²) in [7, 11) is 0. The van der Waals surface area contributed by atoms with Gasteiger partial charge in [-0.2, -0.15) is 0 Å². The van der Waals surface area contributed by atoms with Gasteiger partial charge in [-0.3, -0.25) is 0 Å². The van der Waals surface area contributed by atoms with Crippen molar-refractivity contribution in [3.63, 3.8) is 0 Å². The fourth-order valence-corrected chi connectivity index (χ4v) is 7.32. The van der Waals surface area contributed by atoms with Crippen molar-refractivity contribution < 1.29 is 119 Å². The average molecular weight is 919 g/mol. The van der Waals surface area contributed by atoms with Crippen molar-refractivity contribution in [3.05, 3.63) is 53.6 Å². The molecule has 4 aliphatic heterocycles. The summed E-state index contributed by atoms with van der Waals surface area (Å²) in [6, 6.07) is 7.62. The normalized spacial score (nSPS) is 39.5. The van der Waals surface area contributed by atoms with Crippen molar-refractivity contribution >= 4 is 12.0 Å². The van der Waals surface area contributed by atoms with E-state index in [4.69, 9.17) is 42.6 Å². The Morgan fingerprint density at radius 1 is 0.641 bits per heavy atom. The van der Waals surface area contributed by atoms with E-state index in [-0.39, 0.29) is 24.3 Å². The number of hydrogen-bond acceptors (Lipinski definition) is 24. The quantitative estimate of drug-likeness (QED) is 0.0453. The number of rotatable bonds is 15. The van der Waals surface area contributed by atoms with Crippen LogP contribution in [0.1, 0.15) is 18.1 Å². The number of benzene rings is 2. The molecule has 358 valence electrons. The minimum Gasteiger partial charge on any atom is -0.504 e. The zero-order valence-electron chi connectivity index (χ0n) is 34.0. The molecule has 14 N–H and O–H groups in total. The van der Waals surface area contributed by atoms with E-state index in [0.717, 1.165) is 18.2 Å². The SMILES string of the molecule is C[C@@H]1O[C@@H](O[C@@H]2[C@@H](O)[C@H](OCCc3ccc(O)c(O)c3)O[C@H](CO[C@@H]3O[C@H](CO)[C@@H](O)[C@H](O)[C@H]3O)[C@H]2OC(=O)/C=C/c2ccc(O)c(O)c2)[C@H](O[C@@H]2OC[C@@H](O)[C@@H](O)[C@@H]2O)[C@H](O)[C@H]1O. The Labute approximate surface area is 363 Å². The third-order valence-corrected chi connectivity index (χ3v) is 11.1. The maximum atomic E-state index is 13.6. The molecule has 24 nitrogen and oxygen atoms in total. The fourth-order valence-electron chi connectivity index (χ4n) is 7.32. The highest BCUT2D eigenvalue weighted by molar-refractivity contribution is 5.87. The van der Waals surface area contributed by atoms with E-state index >= 15 is 0 Å². The predicted octanol–water partition coefficient (Wildman–Crippen LogP) is -4.73. The second kappa shape index (κ2) is 21.6. The van der Waals surface area contributed by atoms with Crippen LogP contribution in [0, 0.1) is 0 Å². The van der Waals surface area contributed by atoms with E-state index in [1.807, 2.05) is 0 Å². The van der Waals surface area contributed by atoms with Gasteiger partial charge in [-0.15, -0.1) is 0 Å². The first-order chi connectivity index (χ1) is 30.4. The Bertz CT molecular complexity index is 1870. The lowest BCUT2D eigenvalue weighted by molar-refractivity contribution is -0.383. The molecular weight excluding hydrogens is 864 g/mol. The molecule has 4 heterocycles. The van der Waals surface area contributed by atoms with Crippen LogP contribution in [0.25, 0.3) is 6.08 Å². The van der Waals surface area contributed by atoms with Crippen LogP contribution in [-0.4, -0.2) is 221 Å². The first-order valence-corrected chi connectivity index (χ1v) is 20.2. The van der Waals surface area contributed by atoms with Gasteiger partial charge in [0.15, 0.2) is 54.3 Å². The topological polar surface area (TPSA) is 383 Å². The minimum absolute atomic E-state index is 0.0571. The third kappa shape index (κ3) is 11.4. The molecule has 0 aliphatic carbocycles. The number of esters is 1. The van der Waals surface area contributed by atoms with Gasteiger partial charge in [0.1, 0.15) is 79.4 Å². The van der Waals surface area contributed by atoms with Crippen molar-refractivity contribution in [2.75, 3.05) is 26.4 Å². The van der Waals surface area contributed by atoms with E-state index in [0.29, 0.717) is 5.56 Å². The highest BCUT2D eigenvalue weighted by atomic mass is 16.8. The maximum absolute atomic E-state index is 13.6. The van der Waals surface area contributed by atoms with Gasteiger partial charge in [0, 0.05) is 6.08 Å². The lowest BCUT2D eigenvalue weighted by Gasteiger charge is -2.48. The number of phenolic OH excluding ortho intramolecular Hbond substituents is 4. The number of carbonyl (C=O) groups excluding carboxylic acids is 1. The first kappa shape index (κ1) is 49.6. The van der Waals surface area contributed by atoms with Crippen molar-refractivity contribution in [2.24, 2.45) is 0 Å². The lowest BCUT2D eigenvalue weighted by atomic mass is 9.96. The largest absolute Gasteiger partial charge is 0.504 e. The molecule has 64 heavy (non-hydrogen) atoms. The number of hydrogen-bond donors (Lipinski definition) is 14. The summed E-state index contributed by atoms with van der Waals surface area (Å²) in [5.74, 6) is -2.89. The molecule has 0 saturated carbocycles. The van der Waals surface area contributed by atoms with Crippen LogP contribution in [0.4, 0.5) is 0 Å². The summed E-state index contributed by atoms with van der Waals surface area (Å²) >= 11 is 0. The van der Waals surface area contributed by atoms with E-state index < -0.39 is 160 Å². The molecule has 0 unspecified atom stereocenters. The second-order valence-corrected chi connectivity index (χ2v) is 15.6. The monoisotopic (exact) mass is 918 g/mol. The number of carbonyl (C=O) groups is 1. The molecule has 0 amide bonds. The number of aromatic hydroxyl groups is 4. The Morgan fingerprint density at radius 2 is 1.28 bits per heavy atom. The Morgan fingerprint density at radius 3 is 1.97 bits per heavy atom. The van der Waals surface area contributed by atoms with Crippen molar-refractivity contribution in [2.45, 2.75) is 130 Å². The number of phenols is 4. The molecule has 0 aromatic heterocycles. The summed E-state index contributed by atoms with van der Waals surface area (Å²) in [5, 5.41) is 145. The molecule has 0 spiro atoms. The molecule has 2 aromatic carbocycles. The zero-order valence-corrected chi connectivity index (χ0v) is 34.0. The molecule has 4 fully saturated rings. The maximum Gasteiger partial charge on any atom is 0.331 e. The van der Waals surface area contributed by atoms with Gasteiger partial charge >= 0.3 is 5.97 Å². The van der Waals surface area contributed by atoms with E-state index in [2.05, 4.69) is 0 Å². The zero-order chi connectivity index (χ0) is 46.6. The van der Waals surface area contributed by atoms with Crippen molar-refractivity contribution in [1.29, 1.82) is 0 Å². The van der Waals surface area contributed by atoms with Gasteiger partial charge in [0.25, 0.3) is 0 Å². The summed E-state index contributed by atoms with van der Waals surface area (Å²) in [4.78, 5) is 13.6.